The Morgan fingerprint density at radius 3 is 1.63 bits per heavy atom. The molecule has 16 N–H and O–H groups in total. The van der Waals surface area contributed by atoms with Crippen LogP contribution in [0.1, 0.15) is 69.4 Å². The number of carboxylic acids is 1. The number of aromatic amines is 2. The SMILES string of the molecule is C[C@@H](O)[C@H](NC(=O)[C@H](CCCCN)NC(=O)[C@H](Cc1c[nH]c2ccccc12)NC(=O)[C@H](Cc1c[nH]c2ccccc12)NC(=O)[C@@H]1CCCN1)C(=O)N[C@@H](CO)C(=O)N[C@@H](CCCCN)C(=O)O. The van der Waals surface area contributed by atoms with Gasteiger partial charge in [0.1, 0.15) is 36.3 Å². The molecule has 1 aliphatic heterocycles. The Hall–Kier alpha value is -6.39. The molecule has 364 valence electrons. The van der Waals surface area contributed by atoms with Crippen LogP contribution in [0.15, 0.2) is 60.9 Å². The molecule has 2 aromatic carbocycles. The number of rotatable bonds is 27. The molecule has 4 aromatic rings. The van der Waals surface area contributed by atoms with Crippen molar-refractivity contribution in [3.05, 3.63) is 72.1 Å². The zero-order valence-electron chi connectivity index (χ0n) is 37.6. The minimum Gasteiger partial charge on any atom is -0.480 e. The number of nitrogens with two attached hydrogens (primary N) is 2. The van der Waals surface area contributed by atoms with Crippen molar-refractivity contribution in [2.24, 2.45) is 11.5 Å². The van der Waals surface area contributed by atoms with Crippen LogP contribution in [0.3, 0.4) is 0 Å². The molecule has 21 heteroatoms. The van der Waals surface area contributed by atoms with Gasteiger partial charge in [-0.05, 0) is 101 Å². The zero-order chi connectivity index (χ0) is 48.5. The summed E-state index contributed by atoms with van der Waals surface area (Å²) in [5.74, 6) is -6.11. The van der Waals surface area contributed by atoms with Crippen molar-refractivity contribution in [1.82, 2.24) is 47.2 Å². The Morgan fingerprint density at radius 1 is 0.642 bits per heavy atom. The van der Waals surface area contributed by atoms with E-state index < -0.39 is 90.5 Å². The van der Waals surface area contributed by atoms with Crippen LogP contribution >= 0.6 is 0 Å². The topological polar surface area (TPSA) is 348 Å². The first kappa shape index (κ1) is 51.6. The fraction of sp³-hybridized carbons (Fsp3) is 0.500. The molecular formula is C46H65N11O10. The largest absolute Gasteiger partial charge is 0.480 e. The molecule has 0 saturated carbocycles. The number of unbranched alkanes of at least 4 members (excludes halogenated alkanes) is 2. The van der Waals surface area contributed by atoms with Gasteiger partial charge in [0.25, 0.3) is 0 Å². The van der Waals surface area contributed by atoms with Gasteiger partial charge in [0, 0.05) is 47.0 Å². The fourth-order valence-corrected chi connectivity index (χ4v) is 8.08. The lowest BCUT2D eigenvalue weighted by atomic mass is 10.0. The average Bonchev–Trinajstić information content (AvgIpc) is 4.10. The second kappa shape index (κ2) is 25.5. The molecule has 8 atom stereocenters. The summed E-state index contributed by atoms with van der Waals surface area (Å²) in [7, 11) is 0. The normalized spacial score (nSPS) is 16.8. The van der Waals surface area contributed by atoms with Gasteiger partial charge in [0.2, 0.25) is 35.4 Å². The highest BCUT2D eigenvalue weighted by Crippen LogP contribution is 2.22. The predicted molar refractivity (Wildman–Crippen MR) is 249 cm³/mol. The summed E-state index contributed by atoms with van der Waals surface area (Å²) in [5.41, 5.74) is 14.3. The summed E-state index contributed by atoms with van der Waals surface area (Å²) >= 11 is 0. The van der Waals surface area contributed by atoms with Crippen LogP contribution in [0.2, 0.25) is 0 Å². The van der Waals surface area contributed by atoms with Gasteiger partial charge in [-0.25, -0.2) is 4.79 Å². The predicted octanol–water partition coefficient (Wildman–Crippen LogP) is -1.19. The molecule has 0 unspecified atom stereocenters. The number of nitrogens with one attached hydrogen (secondary N) is 9. The summed E-state index contributed by atoms with van der Waals surface area (Å²) in [6, 6.07) is 5.93. The molecule has 1 saturated heterocycles. The molecule has 0 bridgehead atoms. The number of hydrogen-bond acceptors (Lipinski definition) is 12. The van der Waals surface area contributed by atoms with E-state index in [1.165, 1.54) is 6.92 Å². The average molecular weight is 932 g/mol. The molecule has 5 rings (SSSR count). The van der Waals surface area contributed by atoms with E-state index in [0.717, 1.165) is 33.8 Å². The number of aliphatic hydroxyl groups excluding tert-OH is 2. The van der Waals surface area contributed by atoms with Crippen molar-refractivity contribution in [2.45, 2.75) is 120 Å². The van der Waals surface area contributed by atoms with Gasteiger partial charge >= 0.3 is 5.97 Å². The van der Waals surface area contributed by atoms with Gasteiger partial charge < -0.3 is 74.0 Å². The van der Waals surface area contributed by atoms with Crippen LogP contribution in [0, 0.1) is 0 Å². The summed E-state index contributed by atoms with van der Waals surface area (Å²) in [6.07, 6.45) is 5.10. The van der Waals surface area contributed by atoms with E-state index in [1.807, 2.05) is 48.5 Å². The van der Waals surface area contributed by atoms with Crippen LogP contribution in [0.4, 0.5) is 0 Å². The number of hydrogen-bond donors (Lipinski definition) is 14. The van der Waals surface area contributed by atoms with Gasteiger partial charge in [0.15, 0.2) is 0 Å². The highest BCUT2D eigenvalue weighted by molar-refractivity contribution is 5.98. The number of amides is 6. The number of aliphatic carboxylic acids is 1. The van der Waals surface area contributed by atoms with E-state index >= 15 is 0 Å². The highest BCUT2D eigenvalue weighted by atomic mass is 16.4. The lowest BCUT2D eigenvalue weighted by molar-refractivity contribution is -0.143. The summed E-state index contributed by atoms with van der Waals surface area (Å²) in [6.45, 7) is 1.49. The Bertz CT molecular complexity index is 2310. The number of para-hydroxylation sites is 2. The quantitative estimate of drug-likeness (QED) is 0.0313. The van der Waals surface area contributed by atoms with Crippen molar-refractivity contribution in [1.29, 1.82) is 0 Å². The van der Waals surface area contributed by atoms with Gasteiger partial charge in [0.05, 0.1) is 18.8 Å². The maximum absolute atomic E-state index is 14.6. The first-order valence-corrected chi connectivity index (χ1v) is 22.8. The number of aliphatic hydroxyl groups is 2. The third-order valence-electron chi connectivity index (χ3n) is 11.9. The third kappa shape index (κ3) is 14.5. The first-order chi connectivity index (χ1) is 32.2. The van der Waals surface area contributed by atoms with Crippen molar-refractivity contribution in [3.8, 4) is 0 Å². The molecule has 2 aromatic heterocycles. The molecule has 3 heterocycles. The second-order valence-corrected chi connectivity index (χ2v) is 16.9. The molecule has 0 spiro atoms. The maximum atomic E-state index is 14.6. The minimum atomic E-state index is -1.71. The fourth-order valence-electron chi connectivity index (χ4n) is 8.08. The smallest absolute Gasteiger partial charge is 0.326 e. The number of fused-ring (bicyclic) bond motifs is 2. The maximum Gasteiger partial charge on any atom is 0.326 e. The molecule has 6 amide bonds. The van der Waals surface area contributed by atoms with Crippen LogP contribution < -0.4 is 48.7 Å². The van der Waals surface area contributed by atoms with E-state index in [-0.39, 0.29) is 38.1 Å². The van der Waals surface area contributed by atoms with E-state index in [0.29, 0.717) is 50.8 Å². The van der Waals surface area contributed by atoms with E-state index in [1.54, 1.807) is 12.4 Å². The van der Waals surface area contributed by atoms with Crippen LogP contribution in [-0.4, -0.2) is 141 Å². The first-order valence-electron chi connectivity index (χ1n) is 22.8. The number of carbonyl (C=O) groups excluding carboxylic acids is 6. The van der Waals surface area contributed by atoms with Gasteiger partial charge in [-0.15, -0.1) is 0 Å². The van der Waals surface area contributed by atoms with E-state index in [4.69, 9.17) is 11.5 Å². The molecule has 21 nitrogen and oxygen atoms in total. The molecule has 0 aliphatic carbocycles. The molecule has 67 heavy (non-hydrogen) atoms. The van der Waals surface area contributed by atoms with E-state index in [2.05, 4.69) is 47.2 Å². The van der Waals surface area contributed by atoms with Crippen LogP contribution in [-0.2, 0) is 46.4 Å². The minimum absolute atomic E-state index is 0.0205. The molecule has 1 aliphatic rings. The van der Waals surface area contributed by atoms with Crippen LogP contribution in [0.25, 0.3) is 21.8 Å². The molecule has 1 fully saturated rings. The number of carbonyl (C=O) groups is 7. The number of aromatic nitrogens is 2. The summed E-state index contributed by atoms with van der Waals surface area (Å²) < 4.78 is 0. The Balaban J connectivity index is 1.38. The van der Waals surface area contributed by atoms with E-state index in [9.17, 15) is 48.9 Å². The van der Waals surface area contributed by atoms with Gasteiger partial charge in [-0.1, -0.05) is 36.4 Å². The van der Waals surface area contributed by atoms with Crippen molar-refractivity contribution < 1.29 is 48.9 Å². The Kier molecular flexibility index (Phi) is 19.6. The van der Waals surface area contributed by atoms with Crippen molar-refractivity contribution in [3.63, 3.8) is 0 Å². The number of H-pyrrole nitrogens is 2. The van der Waals surface area contributed by atoms with Crippen LogP contribution in [0.5, 0.6) is 0 Å². The lowest BCUT2D eigenvalue weighted by Crippen LogP contribution is -2.62. The van der Waals surface area contributed by atoms with Gasteiger partial charge in [-0.3, -0.25) is 28.8 Å². The third-order valence-corrected chi connectivity index (χ3v) is 11.9. The molecular weight excluding hydrogens is 867 g/mol. The Labute approximate surface area is 387 Å². The van der Waals surface area contributed by atoms with Gasteiger partial charge in [-0.2, -0.15) is 0 Å². The highest BCUT2D eigenvalue weighted by Gasteiger charge is 2.36. The summed E-state index contributed by atoms with van der Waals surface area (Å²) in [4.78, 5) is 101. The van der Waals surface area contributed by atoms with Crippen molar-refractivity contribution >= 4 is 63.2 Å². The lowest BCUT2D eigenvalue weighted by Gasteiger charge is -2.28. The second-order valence-electron chi connectivity index (χ2n) is 16.9. The standard InChI is InChI=1S/C46H65N11O10/c1-26(59)39(45(65)56-38(25-58)44(64)53-35(46(66)67)16-7-9-19-48)57-41(61)34(15-6-8-18-47)52-42(62)36(21-27-23-50-31-13-4-2-11-29(27)31)55-43(63)37(54-40(60)33-17-10-20-49-33)22-28-24-51-32-14-5-3-12-30(28)32/h2-5,11-14,23-24,26,33-39,49-51,58-59H,6-10,15-22,25,47-48H2,1H3,(H,52,62)(H,53,64)(H,54,60)(H,55,63)(H,56,65)(H,57,61)(H,66,67)/t26-,33+,34+,35+,36+,37+,38+,39+/m1/s1. The molecule has 0 radical (unpaired) electrons. The number of benzene rings is 2. The summed E-state index contributed by atoms with van der Waals surface area (Å²) in [5, 5.41) is 50.6. The number of carboxylic acid groups (broad SMARTS) is 1. The monoisotopic (exact) mass is 931 g/mol. The Morgan fingerprint density at radius 2 is 1.12 bits per heavy atom. The zero-order valence-corrected chi connectivity index (χ0v) is 37.6. The van der Waals surface area contributed by atoms with Crippen molar-refractivity contribution in [2.75, 3.05) is 26.2 Å².